The first-order valence-electron chi connectivity index (χ1n) is 32.2. The highest BCUT2D eigenvalue weighted by Gasteiger charge is 2.36. The highest BCUT2D eigenvalue weighted by Crippen LogP contribution is 2.34. The van der Waals surface area contributed by atoms with E-state index in [9.17, 15) is 33.6 Å². The number of carbonyl (C=O) groups is 7. The second-order valence-electron chi connectivity index (χ2n) is 34.9. The first-order chi connectivity index (χ1) is 39.4. The second kappa shape index (κ2) is 34.6. The first-order valence-corrected chi connectivity index (χ1v) is 32.2. The van der Waals surface area contributed by atoms with Crippen molar-refractivity contribution < 1.29 is 57.2 Å². The van der Waals surface area contributed by atoms with Gasteiger partial charge in [-0.05, 0) is 77.2 Å². The summed E-state index contributed by atoms with van der Waals surface area (Å²) in [6.07, 6.45) is 1.12. The summed E-state index contributed by atoms with van der Waals surface area (Å²) in [4.78, 5) is 92.8. The molecule has 0 saturated carbocycles. The Morgan fingerprint density at radius 2 is 0.727 bits per heavy atom. The van der Waals surface area contributed by atoms with Gasteiger partial charge in [0.1, 0.15) is 6.04 Å². The third-order valence-corrected chi connectivity index (χ3v) is 14.8. The van der Waals surface area contributed by atoms with Gasteiger partial charge in [-0.3, -0.25) is 33.6 Å². The number of hydrogen-bond acceptors (Lipinski definition) is 13. The lowest BCUT2D eigenvalue weighted by molar-refractivity contribution is -0.132. The van der Waals surface area contributed by atoms with Crippen LogP contribution in [-0.2, 0) is 57.2 Å². The van der Waals surface area contributed by atoms with Crippen molar-refractivity contribution >= 4 is 41.4 Å². The molecule has 516 valence electrons. The van der Waals surface area contributed by atoms with Crippen molar-refractivity contribution in [1.82, 2.24) is 37.2 Å². The van der Waals surface area contributed by atoms with Gasteiger partial charge >= 0.3 is 0 Å². The summed E-state index contributed by atoms with van der Waals surface area (Å²) in [6, 6.07) is -1.03. The topological polar surface area (TPSA) is 276 Å². The summed E-state index contributed by atoms with van der Waals surface area (Å²) < 4.78 is 31.0. The largest absolute Gasteiger partial charge is 0.380 e. The van der Waals surface area contributed by atoms with E-state index in [1.54, 1.807) is 0 Å². The Hall–Kier alpha value is -3.95. The molecule has 20 heteroatoms. The Morgan fingerprint density at radius 3 is 1.18 bits per heavy atom. The van der Waals surface area contributed by atoms with Crippen molar-refractivity contribution in [3.63, 3.8) is 0 Å². The standard InChI is InChI=1S/C68H132N8O12/c1-48(2)54(81)74-40-68(26,27)88-46-63(16,17)36-71-52(79)32-66(22,23)86-45-62(14,15)35-70-50(77)29-28-49(76-53(80)31-59(8,9)42-84-43-60(10,11)34-69)55(82)73-37-61(12,13)44-85-41-58(6,7)30-51(78)72-39-67(24,25)87-47-64(18,19)38-75-56(83)65(20,21)33-57(3,4)5/h48-49H,28-47,69H2,1-27H3,(H,70,77)(H,71,79)(H,72,78)(H,73,82)(H,74,81)(H,75,83)(H,76,80)/t49-/m0/s1. The fraction of sp³-hybridized carbons (Fsp3) is 0.897. The van der Waals surface area contributed by atoms with Gasteiger partial charge in [0.15, 0.2) is 0 Å². The minimum absolute atomic E-state index is 0.0168. The molecule has 0 fully saturated rings. The maximum absolute atomic E-state index is 14.0. The Labute approximate surface area is 534 Å². The summed E-state index contributed by atoms with van der Waals surface area (Å²) >= 11 is 0. The molecule has 20 nitrogen and oxygen atoms in total. The molecule has 0 aromatic heterocycles. The van der Waals surface area contributed by atoms with E-state index in [2.05, 4.69) is 58.0 Å². The summed E-state index contributed by atoms with van der Waals surface area (Å²) in [7, 11) is 0. The minimum Gasteiger partial charge on any atom is -0.380 e. The SMILES string of the molecule is CC(C)C(=O)NCC(C)(C)OCC(C)(C)CNC(=O)CC(C)(C)OCC(C)(C)CNC(=O)CC[C@H](NC(=O)CC(C)(C)COCC(C)(C)CN)C(=O)NCC(C)(C)COCC(C)(C)CC(=O)NCC(C)(C)OCC(C)(C)CNC(=O)C(C)(C)CC(C)(C)C. The number of nitrogens with one attached hydrogen (secondary N) is 7. The van der Waals surface area contributed by atoms with Crippen LogP contribution in [-0.4, -0.2) is 156 Å². The molecule has 0 bridgehead atoms. The van der Waals surface area contributed by atoms with Crippen LogP contribution in [0.4, 0.5) is 0 Å². The molecule has 0 heterocycles. The zero-order valence-electron chi connectivity index (χ0n) is 60.8. The first kappa shape index (κ1) is 84.0. The molecular formula is C68H132N8O12. The predicted molar refractivity (Wildman–Crippen MR) is 353 cm³/mol. The molecule has 88 heavy (non-hydrogen) atoms. The van der Waals surface area contributed by atoms with Crippen LogP contribution >= 0.6 is 0 Å². The van der Waals surface area contributed by atoms with Crippen LogP contribution in [0, 0.1) is 54.7 Å². The van der Waals surface area contributed by atoms with E-state index in [-0.39, 0.29) is 128 Å². The third-order valence-electron chi connectivity index (χ3n) is 14.8. The van der Waals surface area contributed by atoms with Crippen LogP contribution in [0.15, 0.2) is 0 Å². The molecule has 0 aromatic rings. The van der Waals surface area contributed by atoms with E-state index in [0.29, 0.717) is 59.2 Å². The van der Waals surface area contributed by atoms with Crippen LogP contribution in [0.2, 0.25) is 0 Å². The van der Waals surface area contributed by atoms with E-state index < -0.39 is 55.8 Å². The zero-order chi connectivity index (χ0) is 68.8. The Bertz CT molecular complexity index is 2210. The van der Waals surface area contributed by atoms with E-state index in [1.165, 1.54) is 0 Å². The van der Waals surface area contributed by atoms with Gasteiger partial charge in [0.25, 0.3) is 0 Å². The van der Waals surface area contributed by atoms with E-state index in [4.69, 9.17) is 29.4 Å². The monoisotopic (exact) mass is 1250 g/mol. The lowest BCUT2D eigenvalue weighted by Crippen LogP contribution is -2.50. The van der Waals surface area contributed by atoms with E-state index in [0.717, 1.165) is 6.42 Å². The molecule has 0 aromatic carbocycles. The van der Waals surface area contributed by atoms with Crippen molar-refractivity contribution in [1.29, 1.82) is 0 Å². The Balaban J connectivity index is 5.59. The van der Waals surface area contributed by atoms with Gasteiger partial charge in [0.2, 0.25) is 41.4 Å². The van der Waals surface area contributed by atoms with Gasteiger partial charge in [-0.1, -0.05) is 145 Å². The number of amides is 7. The number of nitrogens with two attached hydrogens (primary N) is 1. The number of carbonyl (C=O) groups excluding carboxylic acids is 7. The normalized spacial score (nSPS) is 14.1. The van der Waals surface area contributed by atoms with Crippen molar-refractivity contribution in [2.45, 2.75) is 248 Å². The molecule has 0 unspecified atom stereocenters. The minimum atomic E-state index is -1.03. The maximum Gasteiger partial charge on any atom is 0.242 e. The van der Waals surface area contributed by atoms with Crippen molar-refractivity contribution in [2.24, 2.45) is 60.4 Å². The van der Waals surface area contributed by atoms with Gasteiger partial charge < -0.3 is 66.6 Å². The fourth-order valence-electron chi connectivity index (χ4n) is 9.06. The number of hydrogen-bond donors (Lipinski definition) is 8. The fourth-order valence-corrected chi connectivity index (χ4v) is 9.06. The van der Waals surface area contributed by atoms with Gasteiger partial charge in [-0.2, -0.15) is 0 Å². The Morgan fingerprint density at radius 1 is 0.375 bits per heavy atom. The Kier molecular flexibility index (Phi) is 33.1. The van der Waals surface area contributed by atoms with Crippen molar-refractivity contribution in [3.8, 4) is 0 Å². The van der Waals surface area contributed by atoms with Crippen LogP contribution < -0.4 is 43.0 Å². The van der Waals surface area contributed by atoms with Crippen LogP contribution in [0.1, 0.15) is 225 Å². The zero-order valence-corrected chi connectivity index (χ0v) is 60.8. The molecule has 0 spiro atoms. The van der Waals surface area contributed by atoms with Crippen LogP contribution in [0.25, 0.3) is 0 Å². The van der Waals surface area contributed by atoms with Crippen LogP contribution in [0.5, 0.6) is 0 Å². The van der Waals surface area contributed by atoms with Gasteiger partial charge in [0, 0.05) is 96.9 Å². The van der Waals surface area contributed by atoms with E-state index >= 15 is 0 Å². The summed E-state index contributed by atoms with van der Waals surface area (Å²) in [6.45, 7) is 57.8. The van der Waals surface area contributed by atoms with Crippen molar-refractivity contribution in [2.75, 3.05) is 92.1 Å². The predicted octanol–water partition coefficient (Wildman–Crippen LogP) is 8.80. The number of ether oxygens (including phenoxy) is 5. The van der Waals surface area contributed by atoms with E-state index in [1.807, 2.05) is 166 Å². The number of rotatable bonds is 44. The maximum atomic E-state index is 14.0. The highest BCUT2D eigenvalue weighted by atomic mass is 16.5. The molecule has 0 aliphatic carbocycles. The molecule has 9 N–H and O–H groups in total. The van der Waals surface area contributed by atoms with Gasteiger partial charge in [0.05, 0.1) is 69.5 Å². The average molecular weight is 1250 g/mol. The molecule has 0 aliphatic heterocycles. The average Bonchev–Trinajstić information content (AvgIpc) is 3.38. The summed E-state index contributed by atoms with van der Waals surface area (Å²) in [5, 5.41) is 21.0. The second-order valence-corrected chi connectivity index (χ2v) is 34.9. The third kappa shape index (κ3) is 40.0. The van der Waals surface area contributed by atoms with Gasteiger partial charge in [-0.25, -0.2) is 0 Å². The summed E-state index contributed by atoms with van der Waals surface area (Å²) in [5.41, 5.74) is 0.214. The summed E-state index contributed by atoms with van der Waals surface area (Å²) in [5.74, 6) is -1.55. The van der Waals surface area contributed by atoms with Crippen LogP contribution in [0.3, 0.4) is 0 Å². The molecule has 0 radical (unpaired) electrons. The quantitative estimate of drug-likeness (QED) is 0.0284. The lowest BCUT2D eigenvalue weighted by Gasteiger charge is -2.35. The molecule has 0 rings (SSSR count). The highest BCUT2D eigenvalue weighted by molar-refractivity contribution is 5.88. The smallest absolute Gasteiger partial charge is 0.242 e. The molecule has 0 saturated heterocycles. The molecular weight excluding hydrogens is 1120 g/mol. The molecule has 7 amide bonds. The van der Waals surface area contributed by atoms with Crippen molar-refractivity contribution in [3.05, 3.63) is 0 Å². The molecule has 0 aliphatic rings. The van der Waals surface area contributed by atoms with Gasteiger partial charge in [-0.15, -0.1) is 0 Å². The molecule has 1 atom stereocenters. The lowest BCUT2D eigenvalue weighted by atomic mass is 9.75.